The summed E-state index contributed by atoms with van der Waals surface area (Å²) in [6.07, 6.45) is -0.678. The van der Waals surface area contributed by atoms with Gasteiger partial charge in [0, 0.05) is 6.54 Å². The lowest BCUT2D eigenvalue weighted by atomic mass is 10.1. The maximum absolute atomic E-state index is 12.7. The molecule has 5 heteroatoms. The predicted octanol–water partition coefficient (Wildman–Crippen LogP) is 0.278. The molecule has 13 heavy (non-hydrogen) atoms. The first-order chi connectivity index (χ1) is 6.02. The Balaban J connectivity index is 2.53. The summed E-state index contributed by atoms with van der Waals surface area (Å²) >= 11 is 0. The second-order valence-corrected chi connectivity index (χ2v) is 3.23. The van der Waals surface area contributed by atoms with Gasteiger partial charge < -0.3 is 10.0 Å². The molecule has 2 atom stereocenters. The topological polar surface area (TPSA) is 57.6 Å². The zero-order chi connectivity index (χ0) is 10.0. The number of hydrogen-bond donors (Lipinski definition) is 1. The predicted molar refractivity (Wildman–Crippen MR) is 42.9 cm³/mol. The highest BCUT2D eigenvalue weighted by molar-refractivity contribution is 5.96. The van der Waals surface area contributed by atoms with Crippen LogP contribution in [0.3, 0.4) is 0 Å². The first kappa shape index (κ1) is 9.95. The van der Waals surface area contributed by atoms with Gasteiger partial charge in [-0.15, -0.1) is 0 Å². The van der Waals surface area contributed by atoms with E-state index in [1.807, 2.05) is 0 Å². The SMILES string of the molecule is CC(C(=O)O)C(=O)N1CCC(F)C1. The van der Waals surface area contributed by atoms with Crippen molar-refractivity contribution in [3.8, 4) is 0 Å². The van der Waals surface area contributed by atoms with Crippen molar-refractivity contribution >= 4 is 11.9 Å². The fraction of sp³-hybridized carbons (Fsp3) is 0.750. The maximum Gasteiger partial charge on any atom is 0.315 e. The number of amides is 1. The zero-order valence-corrected chi connectivity index (χ0v) is 7.36. The molecule has 0 bridgehead atoms. The number of carboxylic acid groups (broad SMARTS) is 1. The number of alkyl halides is 1. The van der Waals surface area contributed by atoms with E-state index in [4.69, 9.17) is 5.11 Å². The Bertz CT molecular complexity index is 231. The Morgan fingerprint density at radius 2 is 2.23 bits per heavy atom. The molecular weight excluding hydrogens is 177 g/mol. The molecule has 1 amide bonds. The molecule has 1 saturated heterocycles. The van der Waals surface area contributed by atoms with Gasteiger partial charge in [0.05, 0.1) is 6.54 Å². The van der Waals surface area contributed by atoms with E-state index in [2.05, 4.69) is 0 Å². The van der Waals surface area contributed by atoms with Gasteiger partial charge in [0.15, 0.2) is 0 Å². The molecule has 0 spiro atoms. The van der Waals surface area contributed by atoms with Crippen molar-refractivity contribution in [1.29, 1.82) is 0 Å². The molecule has 0 aliphatic carbocycles. The molecule has 4 nitrogen and oxygen atoms in total. The number of likely N-dealkylation sites (tertiary alicyclic amines) is 1. The number of aliphatic carboxylic acids is 1. The minimum atomic E-state index is -1.16. The van der Waals surface area contributed by atoms with Crippen LogP contribution in [0.15, 0.2) is 0 Å². The maximum atomic E-state index is 12.7. The van der Waals surface area contributed by atoms with Gasteiger partial charge in [-0.3, -0.25) is 9.59 Å². The first-order valence-electron chi connectivity index (χ1n) is 4.18. The van der Waals surface area contributed by atoms with Crippen LogP contribution in [0.25, 0.3) is 0 Å². The third kappa shape index (κ3) is 2.17. The number of halogens is 1. The fourth-order valence-corrected chi connectivity index (χ4v) is 1.30. The van der Waals surface area contributed by atoms with Crippen LogP contribution in [0, 0.1) is 5.92 Å². The summed E-state index contributed by atoms with van der Waals surface area (Å²) < 4.78 is 12.7. The molecule has 1 aliphatic rings. The molecule has 74 valence electrons. The van der Waals surface area contributed by atoms with Crippen molar-refractivity contribution in [1.82, 2.24) is 4.90 Å². The summed E-state index contributed by atoms with van der Waals surface area (Å²) in [5.74, 6) is -2.72. The lowest BCUT2D eigenvalue weighted by Crippen LogP contribution is -2.36. The van der Waals surface area contributed by atoms with Crippen molar-refractivity contribution < 1.29 is 19.1 Å². The quantitative estimate of drug-likeness (QED) is 0.634. The zero-order valence-electron chi connectivity index (χ0n) is 7.36. The van der Waals surface area contributed by atoms with Crippen LogP contribution in [0.5, 0.6) is 0 Å². The van der Waals surface area contributed by atoms with Crippen molar-refractivity contribution in [2.24, 2.45) is 5.92 Å². The van der Waals surface area contributed by atoms with Crippen LogP contribution in [0.4, 0.5) is 4.39 Å². The van der Waals surface area contributed by atoms with E-state index in [9.17, 15) is 14.0 Å². The van der Waals surface area contributed by atoms with Gasteiger partial charge >= 0.3 is 5.97 Å². The van der Waals surface area contributed by atoms with Crippen LogP contribution in [0.2, 0.25) is 0 Å². The minimum absolute atomic E-state index is 0.0381. The van der Waals surface area contributed by atoms with E-state index >= 15 is 0 Å². The van der Waals surface area contributed by atoms with Gasteiger partial charge in [0.1, 0.15) is 12.1 Å². The third-order valence-electron chi connectivity index (χ3n) is 2.18. The Morgan fingerprint density at radius 3 is 2.62 bits per heavy atom. The van der Waals surface area contributed by atoms with Crippen LogP contribution >= 0.6 is 0 Å². The van der Waals surface area contributed by atoms with Crippen molar-refractivity contribution in [2.75, 3.05) is 13.1 Å². The van der Waals surface area contributed by atoms with Gasteiger partial charge in [0.2, 0.25) is 5.91 Å². The van der Waals surface area contributed by atoms with Crippen molar-refractivity contribution in [3.05, 3.63) is 0 Å². The van der Waals surface area contributed by atoms with E-state index in [-0.39, 0.29) is 6.54 Å². The van der Waals surface area contributed by atoms with E-state index < -0.39 is 24.0 Å². The average Bonchev–Trinajstić information content (AvgIpc) is 2.49. The third-order valence-corrected chi connectivity index (χ3v) is 2.18. The number of carbonyl (C=O) groups is 2. The van der Waals surface area contributed by atoms with E-state index in [1.54, 1.807) is 0 Å². The molecule has 0 aromatic carbocycles. The van der Waals surface area contributed by atoms with Gasteiger partial charge in [-0.1, -0.05) is 0 Å². The molecule has 1 fully saturated rings. The number of hydrogen-bond acceptors (Lipinski definition) is 2. The molecule has 0 radical (unpaired) electrons. The molecule has 1 heterocycles. The van der Waals surface area contributed by atoms with Crippen molar-refractivity contribution in [2.45, 2.75) is 19.5 Å². The summed E-state index contributed by atoms with van der Waals surface area (Å²) in [6, 6.07) is 0. The molecule has 0 aromatic heterocycles. The van der Waals surface area contributed by atoms with Gasteiger partial charge in [-0.2, -0.15) is 0 Å². The molecule has 0 saturated carbocycles. The molecule has 0 aromatic rings. The van der Waals surface area contributed by atoms with Gasteiger partial charge in [0.25, 0.3) is 0 Å². The van der Waals surface area contributed by atoms with E-state index in [0.717, 1.165) is 0 Å². The Kier molecular flexibility index (Phi) is 2.85. The van der Waals surface area contributed by atoms with Crippen LogP contribution in [-0.2, 0) is 9.59 Å². The highest BCUT2D eigenvalue weighted by atomic mass is 19.1. The van der Waals surface area contributed by atoms with Crippen LogP contribution in [0.1, 0.15) is 13.3 Å². The summed E-state index contributed by atoms with van der Waals surface area (Å²) in [6.45, 7) is 1.68. The molecule has 1 aliphatic heterocycles. The lowest BCUT2D eigenvalue weighted by Gasteiger charge is -2.17. The second kappa shape index (κ2) is 3.72. The van der Waals surface area contributed by atoms with E-state index in [1.165, 1.54) is 11.8 Å². The normalized spacial score (nSPS) is 24.5. The van der Waals surface area contributed by atoms with Crippen LogP contribution in [-0.4, -0.2) is 41.1 Å². The highest BCUT2D eigenvalue weighted by Crippen LogP contribution is 2.15. The lowest BCUT2D eigenvalue weighted by molar-refractivity contribution is -0.149. The first-order valence-corrected chi connectivity index (χ1v) is 4.18. The highest BCUT2D eigenvalue weighted by Gasteiger charge is 2.31. The Hall–Kier alpha value is -1.13. The number of carboxylic acids is 1. The van der Waals surface area contributed by atoms with Gasteiger partial charge in [-0.25, -0.2) is 4.39 Å². The molecule has 1 rings (SSSR count). The monoisotopic (exact) mass is 189 g/mol. The second-order valence-electron chi connectivity index (χ2n) is 3.23. The molecule has 1 N–H and O–H groups in total. The summed E-state index contributed by atoms with van der Waals surface area (Å²) in [5.41, 5.74) is 0. The van der Waals surface area contributed by atoms with Crippen molar-refractivity contribution in [3.63, 3.8) is 0 Å². The largest absolute Gasteiger partial charge is 0.481 e. The Labute approximate surface area is 75.3 Å². The van der Waals surface area contributed by atoms with Crippen LogP contribution < -0.4 is 0 Å². The Morgan fingerprint density at radius 1 is 1.62 bits per heavy atom. The smallest absolute Gasteiger partial charge is 0.315 e. The number of nitrogens with zero attached hydrogens (tertiary/aromatic N) is 1. The molecule has 2 unspecified atom stereocenters. The van der Waals surface area contributed by atoms with E-state index in [0.29, 0.717) is 13.0 Å². The fourth-order valence-electron chi connectivity index (χ4n) is 1.30. The standard InChI is InChI=1S/C8H12FNO3/c1-5(8(12)13)7(11)10-3-2-6(9)4-10/h5-6H,2-4H2,1H3,(H,12,13). The summed E-state index contributed by atoms with van der Waals surface area (Å²) in [4.78, 5) is 23.0. The summed E-state index contributed by atoms with van der Waals surface area (Å²) in [5, 5.41) is 8.54. The average molecular weight is 189 g/mol. The summed E-state index contributed by atoms with van der Waals surface area (Å²) in [7, 11) is 0. The molecular formula is C8H12FNO3. The number of carbonyl (C=O) groups excluding carboxylic acids is 1. The minimum Gasteiger partial charge on any atom is -0.481 e. The number of rotatable bonds is 2. The van der Waals surface area contributed by atoms with Gasteiger partial charge in [-0.05, 0) is 13.3 Å².